The normalized spacial score (nSPS) is 16.0. The summed E-state index contributed by atoms with van der Waals surface area (Å²) in [5.74, 6) is -1.04. The summed E-state index contributed by atoms with van der Waals surface area (Å²) in [5.41, 5.74) is 0.611. The second kappa shape index (κ2) is 6.88. The number of carbonyl (C=O) groups excluding carboxylic acids is 1. The van der Waals surface area contributed by atoms with Gasteiger partial charge in [-0.2, -0.15) is 0 Å². The van der Waals surface area contributed by atoms with Gasteiger partial charge in [-0.3, -0.25) is 4.90 Å². The number of benzene rings is 2. The molecule has 2 aromatic rings. The van der Waals surface area contributed by atoms with Crippen LogP contribution >= 0.6 is 0 Å². The Labute approximate surface area is 140 Å². The van der Waals surface area contributed by atoms with Gasteiger partial charge in [0.2, 0.25) is 0 Å². The number of hydrogen-bond donors (Lipinski definition) is 1. The first-order valence-corrected chi connectivity index (χ1v) is 7.96. The predicted molar refractivity (Wildman–Crippen MR) is 91.3 cm³/mol. The topological polar surface area (TPSA) is 70.1 Å². The molecule has 2 amide bonds. The van der Waals surface area contributed by atoms with E-state index in [9.17, 15) is 14.7 Å². The number of ether oxygens (including phenoxy) is 1. The van der Waals surface area contributed by atoms with E-state index in [0.29, 0.717) is 32.0 Å². The summed E-state index contributed by atoms with van der Waals surface area (Å²) >= 11 is 0. The number of nitrogens with zero attached hydrogens (tertiary/aromatic N) is 2. The van der Waals surface area contributed by atoms with Crippen molar-refractivity contribution in [2.24, 2.45) is 0 Å². The Morgan fingerprint density at radius 1 is 1.12 bits per heavy atom. The van der Waals surface area contributed by atoms with Crippen molar-refractivity contribution in [3.63, 3.8) is 0 Å². The molecular weight excluding hydrogens is 308 g/mol. The zero-order valence-corrected chi connectivity index (χ0v) is 13.5. The van der Waals surface area contributed by atoms with Gasteiger partial charge < -0.3 is 14.7 Å². The van der Waals surface area contributed by atoms with Gasteiger partial charge >= 0.3 is 12.0 Å². The number of aliphatic carboxylic acids is 1. The number of hydrogen-bond acceptors (Lipinski definition) is 3. The standard InChI is InChI=1S/C18H20N2O4/c1-13(17(21)22)20(18(23)19-9-11-24-12-10-19)16-8-4-6-14-5-2-3-7-15(14)16/h2-8,13H,9-12H2,1H3,(H,21,22)/t13-/m0/s1. The van der Waals surface area contributed by atoms with Crippen molar-refractivity contribution < 1.29 is 19.4 Å². The molecule has 3 rings (SSSR count). The van der Waals surface area contributed by atoms with Gasteiger partial charge in [0, 0.05) is 18.5 Å². The zero-order valence-electron chi connectivity index (χ0n) is 13.5. The molecule has 1 heterocycles. The third kappa shape index (κ3) is 3.05. The minimum atomic E-state index is -1.04. The quantitative estimate of drug-likeness (QED) is 0.940. The molecule has 0 aromatic heterocycles. The van der Waals surface area contributed by atoms with Crippen LogP contribution in [-0.4, -0.2) is 54.4 Å². The van der Waals surface area contributed by atoms with Gasteiger partial charge in [0.05, 0.1) is 18.9 Å². The van der Waals surface area contributed by atoms with Crippen LogP contribution in [0.2, 0.25) is 0 Å². The molecule has 0 spiro atoms. The van der Waals surface area contributed by atoms with E-state index in [1.54, 1.807) is 11.0 Å². The Morgan fingerprint density at radius 3 is 2.50 bits per heavy atom. The first kappa shape index (κ1) is 16.3. The third-order valence-electron chi connectivity index (χ3n) is 4.26. The second-order valence-electron chi connectivity index (χ2n) is 5.76. The fourth-order valence-electron chi connectivity index (χ4n) is 2.91. The largest absolute Gasteiger partial charge is 0.480 e. The summed E-state index contributed by atoms with van der Waals surface area (Å²) in [6.07, 6.45) is 0. The maximum Gasteiger partial charge on any atom is 0.326 e. The Hall–Kier alpha value is -2.60. The van der Waals surface area contributed by atoms with Crippen molar-refractivity contribution in [1.82, 2.24) is 4.90 Å². The van der Waals surface area contributed by atoms with Crippen molar-refractivity contribution >= 4 is 28.5 Å². The maximum absolute atomic E-state index is 13.0. The van der Waals surface area contributed by atoms with E-state index in [1.165, 1.54) is 11.8 Å². The number of carbonyl (C=O) groups is 2. The number of morpholine rings is 1. The monoisotopic (exact) mass is 328 g/mol. The number of fused-ring (bicyclic) bond motifs is 1. The van der Waals surface area contributed by atoms with Crippen molar-refractivity contribution in [3.8, 4) is 0 Å². The van der Waals surface area contributed by atoms with Crippen LogP contribution in [0.1, 0.15) is 6.92 Å². The molecule has 1 N–H and O–H groups in total. The minimum Gasteiger partial charge on any atom is -0.480 e. The molecule has 1 aliphatic heterocycles. The molecule has 0 radical (unpaired) electrons. The van der Waals surface area contributed by atoms with Crippen LogP contribution in [0.5, 0.6) is 0 Å². The summed E-state index contributed by atoms with van der Waals surface area (Å²) in [6.45, 7) is 3.40. The predicted octanol–water partition coefficient (Wildman–Crippen LogP) is 2.57. The van der Waals surface area contributed by atoms with E-state index < -0.39 is 12.0 Å². The number of anilines is 1. The van der Waals surface area contributed by atoms with Gasteiger partial charge in [-0.15, -0.1) is 0 Å². The van der Waals surface area contributed by atoms with E-state index in [4.69, 9.17) is 4.74 Å². The van der Waals surface area contributed by atoms with E-state index >= 15 is 0 Å². The first-order valence-electron chi connectivity index (χ1n) is 7.96. The Balaban J connectivity index is 2.06. The lowest BCUT2D eigenvalue weighted by molar-refractivity contribution is -0.138. The average molecular weight is 328 g/mol. The van der Waals surface area contributed by atoms with Gasteiger partial charge in [-0.05, 0) is 18.4 Å². The number of carboxylic acids is 1. The van der Waals surface area contributed by atoms with Crippen LogP contribution in [0.3, 0.4) is 0 Å². The number of rotatable bonds is 3. The van der Waals surface area contributed by atoms with Crippen molar-refractivity contribution in [3.05, 3.63) is 42.5 Å². The summed E-state index contributed by atoms with van der Waals surface area (Å²) in [5, 5.41) is 11.3. The SMILES string of the molecule is C[C@@H](C(=O)O)N(C(=O)N1CCOCC1)c1cccc2ccccc12. The lowest BCUT2D eigenvalue weighted by Gasteiger charge is -2.35. The Kier molecular flexibility index (Phi) is 4.66. The molecule has 1 fully saturated rings. The zero-order chi connectivity index (χ0) is 17.1. The van der Waals surface area contributed by atoms with Crippen molar-refractivity contribution in [2.45, 2.75) is 13.0 Å². The number of urea groups is 1. The summed E-state index contributed by atoms with van der Waals surface area (Å²) in [7, 11) is 0. The van der Waals surface area contributed by atoms with E-state index in [-0.39, 0.29) is 6.03 Å². The molecule has 1 atom stereocenters. The molecule has 2 aromatic carbocycles. The van der Waals surface area contributed by atoms with Crippen LogP contribution in [0, 0.1) is 0 Å². The molecule has 6 heteroatoms. The van der Waals surface area contributed by atoms with Crippen molar-refractivity contribution in [1.29, 1.82) is 0 Å². The fourth-order valence-corrected chi connectivity index (χ4v) is 2.91. The van der Waals surface area contributed by atoms with Crippen LogP contribution in [0.15, 0.2) is 42.5 Å². The third-order valence-corrected chi connectivity index (χ3v) is 4.26. The van der Waals surface area contributed by atoms with E-state index in [0.717, 1.165) is 10.8 Å². The summed E-state index contributed by atoms with van der Waals surface area (Å²) < 4.78 is 5.28. The van der Waals surface area contributed by atoms with Crippen LogP contribution < -0.4 is 4.90 Å². The van der Waals surface area contributed by atoms with Crippen LogP contribution in [-0.2, 0) is 9.53 Å². The smallest absolute Gasteiger partial charge is 0.326 e. The molecule has 6 nitrogen and oxygen atoms in total. The molecule has 1 aliphatic rings. The highest BCUT2D eigenvalue weighted by molar-refractivity contribution is 6.06. The van der Waals surface area contributed by atoms with Crippen LogP contribution in [0.4, 0.5) is 10.5 Å². The molecule has 1 saturated heterocycles. The fraction of sp³-hybridized carbons (Fsp3) is 0.333. The van der Waals surface area contributed by atoms with Gasteiger partial charge in [-0.1, -0.05) is 36.4 Å². The maximum atomic E-state index is 13.0. The van der Waals surface area contributed by atoms with Gasteiger partial charge in [0.15, 0.2) is 0 Å². The summed E-state index contributed by atoms with van der Waals surface area (Å²) in [6, 6.07) is 12.0. The molecule has 0 bridgehead atoms. The van der Waals surface area contributed by atoms with Gasteiger partial charge in [0.25, 0.3) is 0 Å². The Morgan fingerprint density at radius 2 is 1.79 bits per heavy atom. The molecule has 24 heavy (non-hydrogen) atoms. The first-order chi connectivity index (χ1) is 11.6. The van der Waals surface area contributed by atoms with Crippen molar-refractivity contribution in [2.75, 3.05) is 31.2 Å². The van der Waals surface area contributed by atoms with E-state index in [1.807, 2.05) is 36.4 Å². The summed E-state index contributed by atoms with van der Waals surface area (Å²) in [4.78, 5) is 27.6. The molecular formula is C18H20N2O4. The minimum absolute atomic E-state index is 0.301. The second-order valence-corrected chi connectivity index (χ2v) is 5.76. The number of amides is 2. The number of carboxylic acid groups (broad SMARTS) is 1. The lowest BCUT2D eigenvalue weighted by atomic mass is 10.1. The molecule has 0 saturated carbocycles. The molecule has 0 unspecified atom stereocenters. The molecule has 126 valence electrons. The average Bonchev–Trinajstić information content (AvgIpc) is 2.62. The van der Waals surface area contributed by atoms with Gasteiger partial charge in [-0.25, -0.2) is 9.59 Å². The highest BCUT2D eigenvalue weighted by atomic mass is 16.5. The Bertz CT molecular complexity index is 750. The highest BCUT2D eigenvalue weighted by Gasteiger charge is 2.32. The van der Waals surface area contributed by atoms with Gasteiger partial charge in [0.1, 0.15) is 6.04 Å². The van der Waals surface area contributed by atoms with E-state index in [2.05, 4.69) is 0 Å². The lowest BCUT2D eigenvalue weighted by Crippen LogP contribution is -2.53. The van der Waals surface area contributed by atoms with Crippen LogP contribution in [0.25, 0.3) is 10.8 Å². The molecule has 0 aliphatic carbocycles. The highest BCUT2D eigenvalue weighted by Crippen LogP contribution is 2.29.